The van der Waals surface area contributed by atoms with Crippen LogP contribution < -0.4 is 15.4 Å². The number of ether oxygens (including phenoxy) is 1. The number of aliphatic imine (C=N–C) groups is 1. The minimum Gasteiger partial charge on any atom is -0.497 e. The number of nitrogens with two attached hydrogens (primary N) is 1. The molecule has 3 unspecified atom stereocenters. The average Bonchev–Trinajstić information content (AvgIpc) is 2.81. The Kier molecular flexibility index (Phi) is 3.56. The SMILES string of the molecule is COc1cccc(N2C(N)=NCC23CC(C)CCC3C)c1. The van der Waals surface area contributed by atoms with Crippen LogP contribution in [0.3, 0.4) is 0 Å². The zero-order chi connectivity index (χ0) is 15.0. The van der Waals surface area contributed by atoms with Crippen LogP contribution >= 0.6 is 0 Å². The van der Waals surface area contributed by atoms with Crippen molar-refractivity contribution >= 4 is 11.6 Å². The molecule has 0 amide bonds. The van der Waals surface area contributed by atoms with Crippen molar-refractivity contribution in [2.45, 2.75) is 38.6 Å². The number of hydrogen-bond donors (Lipinski definition) is 1. The van der Waals surface area contributed by atoms with Gasteiger partial charge >= 0.3 is 0 Å². The van der Waals surface area contributed by atoms with E-state index in [2.05, 4.69) is 35.9 Å². The summed E-state index contributed by atoms with van der Waals surface area (Å²) >= 11 is 0. The second-order valence-electron chi connectivity index (χ2n) is 6.60. The minimum absolute atomic E-state index is 0.0358. The van der Waals surface area contributed by atoms with Gasteiger partial charge in [0.2, 0.25) is 0 Å². The number of benzene rings is 1. The fourth-order valence-electron chi connectivity index (χ4n) is 3.97. The van der Waals surface area contributed by atoms with Gasteiger partial charge in [0, 0.05) is 11.8 Å². The maximum Gasteiger partial charge on any atom is 0.196 e. The van der Waals surface area contributed by atoms with E-state index in [1.807, 2.05) is 12.1 Å². The number of hydrogen-bond acceptors (Lipinski definition) is 4. The second-order valence-corrected chi connectivity index (χ2v) is 6.60. The van der Waals surface area contributed by atoms with Gasteiger partial charge in [-0.05, 0) is 36.8 Å². The van der Waals surface area contributed by atoms with Crippen molar-refractivity contribution in [1.29, 1.82) is 0 Å². The van der Waals surface area contributed by atoms with Gasteiger partial charge in [0.25, 0.3) is 0 Å². The molecule has 1 spiro atoms. The molecule has 1 fully saturated rings. The van der Waals surface area contributed by atoms with Crippen LogP contribution in [0.25, 0.3) is 0 Å². The number of methoxy groups -OCH3 is 1. The summed E-state index contributed by atoms with van der Waals surface area (Å²) in [5, 5.41) is 0. The maximum absolute atomic E-state index is 6.25. The van der Waals surface area contributed by atoms with E-state index in [4.69, 9.17) is 10.5 Å². The average molecular weight is 287 g/mol. The van der Waals surface area contributed by atoms with Gasteiger partial charge in [-0.15, -0.1) is 0 Å². The van der Waals surface area contributed by atoms with Gasteiger partial charge in [-0.25, -0.2) is 0 Å². The molecule has 0 radical (unpaired) electrons. The molecule has 1 aliphatic carbocycles. The van der Waals surface area contributed by atoms with Crippen molar-refractivity contribution in [3.8, 4) is 5.75 Å². The van der Waals surface area contributed by atoms with Crippen LogP contribution in [-0.4, -0.2) is 25.2 Å². The summed E-state index contributed by atoms with van der Waals surface area (Å²) in [6.07, 6.45) is 3.69. The summed E-state index contributed by atoms with van der Waals surface area (Å²) < 4.78 is 5.37. The fraction of sp³-hybridized carbons (Fsp3) is 0.588. The van der Waals surface area contributed by atoms with E-state index in [1.165, 1.54) is 12.8 Å². The third-order valence-corrected chi connectivity index (χ3v) is 5.21. The molecule has 21 heavy (non-hydrogen) atoms. The topological polar surface area (TPSA) is 50.9 Å². The van der Waals surface area contributed by atoms with Gasteiger partial charge in [0.05, 0.1) is 19.2 Å². The summed E-state index contributed by atoms with van der Waals surface area (Å²) in [6, 6.07) is 8.14. The molecular weight excluding hydrogens is 262 g/mol. The Morgan fingerprint density at radius 2 is 2.14 bits per heavy atom. The highest BCUT2D eigenvalue weighted by atomic mass is 16.5. The number of guanidine groups is 1. The standard InChI is InChI=1S/C17H25N3O/c1-12-7-8-13(2)17(10-12)11-19-16(18)20(17)14-5-4-6-15(9-14)21-3/h4-6,9,12-13H,7-8,10-11H2,1-3H3,(H2,18,19). The Morgan fingerprint density at radius 3 is 2.90 bits per heavy atom. The van der Waals surface area contributed by atoms with E-state index >= 15 is 0 Å². The van der Waals surface area contributed by atoms with Crippen LogP contribution in [0.4, 0.5) is 5.69 Å². The van der Waals surface area contributed by atoms with Crippen molar-refractivity contribution in [3.63, 3.8) is 0 Å². The highest BCUT2D eigenvalue weighted by molar-refractivity contribution is 5.98. The van der Waals surface area contributed by atoms with Crippen molar-refractivity contribution in [1.82, 2.24) is 0 Å². The molecule has 0 bridgehead atoms. The Morgan fingerprint density at radius 1 is 1.33 bits per heavy atom. The molecule has 0 aromatic heterocycles. The summed E-state index contributed by atoms with van der Waals surface area (Å²) in [5.41, 5.74) is 7.38. The first kappa shape index (κ1) is 14.2. The van der Waals surface area contributed by atoms with Crippen LogP contribution in [0.15, 0.2) is 29.3 Å². The van der Waals surface area contributed by atoms with E-state index in [9.17, 15) is 0 Å². The molecular formula is C17H25N3O. The summed E-state index contributed by atoms with van der Waals surface area (Å²) in [6.45, 7) is 5.49. The third kappa shape index (κ3) is 2.27. The van der Waals surface area contributed by atoms with Gasteiger partial charge in [0.1, 0.15) is 5.75 Å². The minimum atomic E-state index is 0.0358. The largest absolute Gasteiger partial charge is 0.497 e. The quantitative estimate of drug-likeness (QED) is 0.909. The van der Waals surface area contributed by atoms with Crippen molar-refractivity contribution in [3.05, 3.63) is 24.3 Å². The lowest BCUT2D eigenvalue weighted by atomic mass is 9.69. The maximum atomic E-state index is 6.25. The zero-order valence-corrected chi connectivity index (χ0v) is 13.2. The molecule has 1 heterocycles. The first-order valence-corrected chi connectivity index (χ1v) is 7.81. The molecule has 2 aliphatic rings. The van der Waals surface area contributed by atoms with Crippen molar-refractivity contribution in [2.75, 3.05) is 18.6 Å². The predicted octanol–water partition coefficient (Wildman–Crippen LogP) is 3.02. The molecule has 4 heteroatoms. The first-order chi connectivity index (χ1) is 10.1. The van der Waals surface area contributed by atoms with Crippen LogP contribution in [0.2, 0.25) is 0 Å². The lowest BCUT2D eigenvalue weighted by Gasteiger charge is -2.48. The number of rotatable bonds is 2. The molecule has 3 atom stereocenters. The molecule has 114 valence electrons. The van der Waals surface area contributed by atoms with E-state index in [0.717, 1.165) is 30.3 Å². The Bertz CT molecular complexity index is 557. The van der Waals surface area contributed by atoms with Gasteiger partial charge in [-0.3, -0.25) is 4.99 Å². The Labute approximate surface area is 127 Å². The number of anilines is 1. The molecule has 1 saturated carbocycles. The Balaban J connectivity index is 2.02. The molecule has 1 aliphatic heterocycles. The fourth-order valence-corrected chi connectivity index (χ4v) is 3.97. The van der Waals surface area contributed by atoms with E-state index in [1.54, 1.807) is 7.11 Å². The molecule has 4 nitrogen and oxygen atoms in total. The van der Waals surface area contributed by atoms with Gasteiger partial charge < -0.3 is 15.4 Å². The highest BCUT2D eigenvalue weighted by Gasteiger charge is 2.49. The third-order valence-electron chi connectivity index (χ3n) is 5.21. The van der Waals surface area contributed by atoms with Crippen molar-refractivity contribution < 1.29 is 4.74 Å². The first-order valence-electron chi connectivity index (χ1n) is 7.81. The molecule has 3 rings (SSSR count). The second kappa shape index (κ2) is 5.24. The highest BCUT2D eigenvalue weighted by Crippen LogP contribution is 2.45. The van der Waals surface area contributed by atoms with E-state index < -0.39 is 0 Å². The van der Waals surface area contributed by atoms with E-state index in [-0.39, 0.29) is 5.54 Å². The van der Waals surface area contributed by atoms with Gasteiger partial charge in [0.15, 0.2) is 5.96 Å². The molecule has 0 saturated heterocycles. The molecule has 1 aromatic carbocycles. The number of nitrogens with zero attached hydrogens (tertiary/aromatic N) is 2. The monoisotopic (exact) mass is 287 g/mol. The zero-order valence-electron chi connectivity index (χ0n) is 13.2. The van der Waals surface area contributed by atoms with E-state index in [0.29, 0.717) is 11.9 Å². The summed E-state index contributed by atoms with van der Waals surface area (Å²) in [7, 11) is 1.70. The van der Waals surface area contributed by atoms with Crippen LogP contribution in [0, 0.1) is 11.8 Å². The van der Waals surface area contributed by atoms with Crippen LogP contribution in [-0.2, 0) is 0 Å². The lowest BCUT2D eigenvalue weighted by Crippen LogP contribution is -2.58. The Hall–Kier alpha value is -1.71. The van der Waals surface area contributed by atoms with Crippen molar-refractivity contribution in [2.24, 2.45) is 22.6 Å². The molecule has 1 aromatic rings. The van der Waals surface area contributed by atoms with Gasteiger partial charge in [-0.1, -0.05) is 26.3 Å². The summed E-state index contributed by atoms with van der Waals surface area (Å²) in [5.74, 6) is 2.81. The van der Waals surface area contributed by atoms with Crippen LogP contribution in [0.1, 0.15) is 33.1 Å². The lowest BCUT2D eigenvalue weighted by molar-refractivity contribution is 0.178. The van der Waals surface area contributed by atoms with Crippen LogP contribution in [0.5, 0.6) is 5.75 Å². The van der Waals surface area contributed by atoms with Gasteiger partial charge in [-0.2, -0.15) is 0 Å². The normalized spacial score (nSPS) is 32.3. The summed E-state index contributed by atoms with van der Waals surface area (Å²) in [4.78, 5) is 6.85. The molecule has 2 N–H and O–H groups in total. The predicted molar refractivity (Wildman–Crippen MR) is 86.9 cm³/mol. The smallest absolute Gasteiger partial charge is 0.196 e.